The highest BCUT2D eigenvalue weighted by molar-refractivity contribution is 14.1. The standard InChI is InChI=1S/C7H4ClF3INO/c1-3-2-4(8)13-6(5(3)12)14-7(9,10)11/h2H,1H3. The van der Waals surface area contributed by atoms with E-state index in [1.54, 1.807) is 29.5 Å². The van der Waals surface area contributed by atoms with Crippen LogP contribution >= 0.6 is 34.2 Å². The van der Waals surface area contributed by atoms with Gasteiger partial charge in [0.25, 0.3) is 0 Å². The summed E-state index contributed by atoms with van der Waals surface area (Å²) in [7, 11) is 0. The number of nitrogens with zero attached hydrogens (tertiary/aromatic N) is 1. The van der Waals surface area contributed by atoms with Gasteiger partial charge in [0.15, 0.2) is 0 Å². The molecule has 7 heteroatoms. The summed E-state index contributed by atoms with van der Waals surface area (Å²) in [6.07, 6.45) is -4.75. The lowest BCUT2D eigenvalue weighted by Gasteiger charge is -2.10. The summed E-state index contributed by atoms with van der Waals surface area (Å²) >= 11 is 7.20. The monoisotopic (exact) mass is 337 g/mol. The summed E-state index contributed by atoms with van der Waals surface area (Å²) in [6.45, 7) is 1.62. The molecule has 0 saturated carbocycles. The smallest absolute Gasteiger partial charge is 0.387 e. The van der Waals surface area contributed by atoms with Crippen LogP contribution in [0.15, 0.2) is 6.07 Å². The number of rotatable bonds is 1. The number of halogens is 5. The van der Waals surface area contributed by atoms with Gasteiger partial charge in [0, 0.05) is 0 Å². The molecule has 0 aliphatic rings. The van der Waals surface area contributed by atoms with Gasteiger partial charge in [0.05, 0.1) is 3.57 Å². The van der Waals surface area contributed by atoms with Gasteiger partial charge in [-0.15, -0.1) is 13.2 Å². The molecule has 0 fully saturated rings. The van der Waals surface area contributed by atoms with Gasteiger partial charge in [-0.1, -0.05) is 11.6 Å². The molecule has 1 heterocycles. The molecule has 0 spiro atoms. The summed E-state index contributed by atoms with van der Waals surface area (Å²) in [5.41, 5.74) is 0.588. The number of aryl methyl sites for hydroxylation is 1. The summed E-state index contributed by atoms with van der Waals surface area (Å²) in [5, 5.41) is -0.0258. The third-order valence-corrected chi connectivity index (χ3v) is 2.80. The molecule has 0 N–H and O–H groups in total. The number of aromatic nitrogens is 1. The first kappa shape index (κ1) is 11.8. The Morgan fingerprint density at radius 1 is 1.50 bits per heavy atom. The van der Waals surface area contributed by atoms with E-state index in [1.807, 2.05) is 0 Å². The van der Waals surface area contributed by atoms with Crippen molar-refractivity contribution in [3.05, 3.63) is 20.4 Å². The molecule has 0 unspecified atom stereocenters. The third-order valence-electron chi connectivity index (χ3n) is 1.29. The second kappa shape index (κ2) is 4.09. The van der Waals surface area contributed by atoms with E-state index in [0.717, 1.165) is 0 Å². The van der Waals surface area contributed by atoms with Gasteiger partial charge in [-0.05, 0) is 41.1 Å². The van der Waals surface area contributed by atoms with Crippen LogP contribution in [0.4, 0.5) is 13.2 Å². The van der Waals surface area contributed by atoms with Crippen LogP contribution in [0, 0.1) is 10.5 Å². The molecule has 1 aromatic heterocycles. The zero-order valence-electron chi connectivity index (χ0n) is 6.82. The molecule has 0 bridgehead atoms. The van der Waals surface area contributed by atoms with Gasteiger partial charge in [0.1, 0.15) is 5.15 Å². The average Bonchev–Trinajstić information content (AvgIpc) is 1.96. The van der Waals surface area contributed by atoms with Crippen LogP contribution in [0.2, 0.25) is 5.15 Å². The van der Waals surface area contributed by atoms with Crippen LogP contribution in [0.25, 0.3) is 0 Å². The Hall–Kier alpha value is -0.240. The summed E-state index contributed by atoms with van der Waals surface area (Å²) < 4.78 is 39.6. The highest BCUT2D eigenvalue weighted by Crippen LogP contribution is 2.29. The van der Waals surface area contributed by atoms with Crippen LogP contribution in [0.1, 0.15) is 5.56 Å². The summed E-state index contributed by atoms with van der Waals surface area (Å²) in [4.78, 5) is 3.43. The fraction of sp³-hybridized carbons (Fsp3) is 0.286. The van der Waals surface area contributed by atoms with Crippen molar-refractivity contribution in [2.75, 3.05) is 0 Å². The fourth-order valence-electron chi connectivity index (χ4n) is 0.766. The Morgan fingerprint density at radius 3 is 2.57 bits per heavy atom. The van der Waals surface area contributed by atoms with Crippen molar-refractivity contribution in [1.29, 1.82) is 0 Å². The second-order valence-corrected chi connectivity index (χ2v) is 3.89. The first-order chi connectivity index (χ1) is 6.29. The van der Waals surface area contributed by atoms with Crippen LogP contribution in [-0.4, -0.2) is 11.3 Å². The first-order valence-corrected chi connectivity index (χ1v) is 4.83. The van der Waals surface area contributed by atoms with E-state index in [0.29, 0.717) is 9.13 Å². The molecule has 14 heavy (non-hydrogen) atoms. The minimum absolute atomic E-state index is 0.0258. The molecule has 0 saturated heterocycles. The van der Waals surface area contributed by atoms with Crippen molar-refractivity contribution >= 4 is 34.2 Å². The number of pyridine rings is 1. The number of ether oxygens (including phenoxy) is 1. The largest absolute Gasteiger partial charge is 0.574 e. The minimum Gasteiger partial charge on any atom is -0.387 e. The third kappa shape index (κ3) is 3.16. The Bertz CT molecular complexity index is 356. The molecule has 1 aromatic rings. The molecule has 0 amide bonds. The Kier molecular flexibility index (Phi) is 3.46. The van der Waals surface area contributed by atoms with Crippen LogP contribution in [0.3, 0.4) is 0 Å². The molecule has 1 rings (SSSR count). The highest BCUT2D eigenvalue weighted by Gasteiger charge is 2.33. The van der Waals surface area contributed by atoms with E-state index in [9.17, 15) is 13.2 Å². The molecule has 2 nitrogen and oxygen atoms in total. The number of hydrogen-bond acceptors (Lipinski definition) is 2. The molecule has 0 atom stereocenters. The van der Waals surface area contributed by atoms with Crippen molar-refractivity contribution in [2.24, 2.45) is 0 Å². The maximum absolute atomic E-state index is 11.9. The van der Waals surface area contributed by atoms with E-state index in [2.05, 4.69) is 9.72 Å². The Balaban J connectivity index is 3.09. The fourth-order valence-corrected chi connectivity index (χ4v) is 1.39. The van der Waals surface area contributed by atoms with E-state index in [4.69, 9.17) is 11.6 Å². The molecular weight excluding hydrogens is 333 g/mol. The Labute approximate surface area is 96.6 Å². The van der Waals surface area contributed by atoms with E-state index in [-0.39, 0.29) is 5.15 Å². The van der Waals surface area contributed by atoms with Crippen molar-refractivity contribution in [3.63, 3.8) is 0 Å². The van der Waals surface area contributed by atoms with E-state index >= 15 is 0 Å². The van der Waals surface area contributed by atoms with Crippen molar-refractivity contribution in [1.82, 2.24) is 4.98 Å². The molecule has 0 aromatic carbocycles. The van der Waals surface area contributed by atoms with Gasteiger partial charge in [-0.3, -0.25) is 0 Å². The normalized spacial score (nSPS) is 11.6. The van der Waals surface area contributed by atoms with E-state index < -0.39 is 12.2 Å². The summed E-state index contributed by atoms with van der Waals surface area (Å²) in [6, 6.07) is 1.46. The van der Waals surface area contributed by atoms with Gasteiger partial charge in [-0.25, -0.2) is 4.98 Å². The zero-order chi connectivity index (χ0) is 10.9. The molecule has 78 valence electrons. The lowest BCUT2D eigenvalue weighted by atomic mass is 10.3. The van der Waals surface area contributed by atoms with Gasteiger partial charge >= 0.3 is 6.36 Å². The number of alkyl halides is 3. The average molecular weight is 337 g/mol. The van der Waals surface area contributed by atoms with Crippen molar-refractivity contribution in [2.45, 2.75) is 13.3 Å². The van der Waals surface area contributed by atoms with Gasteiger partial charge in [0.2, 0.25) is 5.88 Å². The molecule has 0 radical (unpaired) electrons. The lowest BCUT2D eigenvalue weighted by molar-refractivity contribution is -0.276. The Morgan fingerprint density at radius 2 is 2.07 bits per heavy atom. The minimum atomic E-state index is -4.75. The highest BCUT2D eigenvalue weighted by atomic mass is 127. The maximum atomic E-state index is 11.9. The lowest BCUT2D eigenvalue weighted by Crippen LogP contribution is -2.19. The van der Waals surface area contributed by atoms with Crippen LogP contribution in [0.5, 0.6) is 5.88 Å². The number of hydrogen-bond donors (Lipinski definition) is 0. The first-order valence-electron chi connectivity index (χ1n) is 3.38. The van der Waals surface area contributed by atoms with Crippen molar-refractivity contribution in [3.8, 4) is 5.88 Å². The maximum Gasteiger partial charge on any atom is 0.574 e. The van der Waals surface area contributed by atoms with Crippen LogP contribution in [-0.2, 0) is 0 Å². The topological polar surface area (TPSA) is 22.1 Å². The van der Waals surface area contributed by atoms with Crippen LogP contribution < -0.4 is 4.74 Å². The molecule has 0 aliphatic heterocycles. The quantitative estimate of drug-likeness (QED) is 0.577. The van der Waals surface area contributed by atoms with E-state index in [1.165, 1.54) is 6.07 Å². The summed E-state index contributed by atoms with van der Waals surface area (Å²) in [5.74, 6) is -0.511. The molecular formula is C7H4ClF3INO. The SMILES string of the molecule is Cc1cc(Cl)nc(OC(F)(F)F)c1I. The predicted molar refractivity (Wildman–Crippen MR) is 53.4 cm³/mol. The zero-order valence-corrected chi connectivity index (χ0v) is 9.74. The van der Waals surface area contributed by atoms with Gasteiger partial charge < -0.3 is 4.74 Å². The van der Waals surface area contributed by atoms with Gasteiger partial charge in [-0.2, -0.15) is 0 Å². The second-order valence-electron chi connectivity index (χ2n) is 2.43. The van der Waals surface area contributed by atoms with Crippen molar-refractivity contribution < 1.29 is 17.9 Å². The molecule has 0 aliphatic carbocycles. The predicted octanol–water partition coefficient (Wildman–Crippen LogP) is 3.55.